The van der Waals surface area contributed by atoms with Gasteiger partial charge in [0.15, 0.2) is 6.10 Å². The van der Waals surface area contributed by atoms with Crippen molar-refractivity contribution in [3.8, 4) is 0 Å². The molecular formula is C57H92O6. The molecule has 0 radical (unpaired) electrons. The zero-order valence-electron chi connectivity index (χ0n) is 40.5. The zero-order chi connectivity index (χ0) is 45.8. The van der Waals surface area contributed by atoms with Crippen LogP contribution in [0.25, 0.3) is 0 Å². The minimum absolute atomic E-state index is 0.105. The Balaban J connectivity index is 4.44. The highest BCUT2D eigenvalue weighted by Gasteiger charge is 2.19. The average molecular weight is 873 g/mol. The summed E-state index contributed by atoms with van der Waals surface area (Å²) in [5, 5.41) is 0. The summed E-state index contributed by atoms with van der Waals surface area (Å²) in [5.74, 6) is -0.975. The first-order valence-electron chi connectivity index (χ1n) is 25.5. The van der Waals surface area contributed by atoms with E-state index in [9.17, 15) is 14.4 Å². The van der Waals surface area contributed by atoms with Crippen LogP contribution in [0, 0.1) is 0 Å². The number of carbonyl (C=O) groups excluding carboxylic acids is 3. The average Bonchev–Trinajstić information content (AvgIpc) is 3.28. The Morgan fingerprint density at radius 1 is 0.333 bits per heavy atom. The molecule has 0 aliphatic carbocycles. The van der Waals surface area contributed by atoms with E-state index in [-0.39, 0.29) is 37.5 Å². The molecule has 0 rings (SSSR count). The van der Waals surface area contributed by atoms with Crippen LogP contribution in [0.1, 0.15) is 213 Å². The summed E-state index contributed by atoms with van der Waals surface area (Å²) >= 11 is 0. The monoisotopic (exact) mass is 873 g/mol. The summed E-state index contributed by atoms with van der Waals surface area (Å²) in [5.41, 5.74) is 0. The van der Waals surface area contributed by atoms with Crippen LogP contribution in [0.2, 0.25) is 0 Å². The van der Waals surface area contributed by atoms with E-state index in [1.165, 1.54) is 77.0 Å². The summed E-state index contributed by atoms with van der Waals surface area (Å²) in [6.45, 7) is 6.27. The van der Waals surface area contributed by atoms with Gasteiger partial charge in [-0.2, -0.15) is 0 Å². The number of unbranched alkanes of at least 4 members (excludes halogenated alkanes) is 21. The summed E-state index contributed by atoms with van der Waals surface area (Å²) < 4.78 is 16.7. The molecule has 0 N–H and O–H groups in total. The first kappa shape index (κ1) is 59.1. The number of hydrogen-bond donors (Lipinski definition) is 0. The number of allylic oxidation sites excluding steroid dienone is 18. The maximum atomic E-state index is 12.8. The van der Waals surface area contributed by atoms with Crippen molar-refractivity contribution in [2.75, 3.05) is 13.2 Å². The summed E-state index contributed by atoms with van der Waals surface area (Å²) in [6, 6.07) is 0. The molecule has 0 aromatic carbocycles. The SMILES string of the molecule is CC/C=C/C=C/C=C/C=C/CCCCCC(=O)OC(COC(=O)CCCCCCC/C=C/C=C/C=C/CC)COC(=O)CCCCCCCCCCCC/C=C/C=C/CCCCC. The van der Waals surface area contributed by atoms with Gasteiger partial charge in [-0.1, -0.05) is 220 Å². The fourth-order valence-corrected chi connectivity index (χ4v) is 6.62. The molecular weight excluding hydrogens is 781 g/mol. The predicted octanol–water partition coefficient (Wildman–Crippen LogP) is 16.8. The Morgan fingerprint density at radius 3 is 1.00 bits per heavy atom. The second kappa shape index (κ2) is 50.7. The lowest BCUT2D eigenvalue weighted by atomic mass is 10.1. The van der Waals surface area contributed by atoms with Gasteiger partial charge < -0.3 is 14.2 Å². The first-order chi connectivity index (χ1) is 31.0. The normalized spacial score (nSPS) is 13.0. The lowest BCUT2D eigenvalue weighted by Crippen LogP contribution is -2.30. The van der Waals surface area contributed by atoms with Crippen molar-refractivity contribution in [3.63, 3.8) is 0 Å². The smallest absolute Gasteiger partial charge is 0.306 e. The van der Waals surface area contributed by atoms with E-state index in [1.54, 1.807) is 0 Å². The largest absolute Gasteiger partial charge is 0.462 e. The fraction of sp³-hybridized carbons (Fsp3) is 0.632. The lowest BCUT2D eigenvalue weighted by molar-refractivity contribution is -0.167. The van der Waals surface area contributed by atoms with Crippen molar-refractivity contribution in [2.24, 2.45) is 0 Å². The Labute approximate surface area is 387 Å². The number of ether oxygens (including phenoxy) is 3. The maximum Gasteiger partial charge on any atom is 0.306 e. The van der Waals surface area contributed by atoms with Crippen molar-refractivity contribution >= 4 is 17.9 Å². The van der Waals surface area contributed by atoms with Crippen molar-refractivity contribution < 1.29 is 28.6 Å². The highest BCUT2D eigenvalue weighted by Crippen LogP contribution is 2.14. The second-order valence-corrected chi connectivity index (χ2v) is 16.5. The van der Waals surface area contributed by atoms with Gasteiger partial charge >= 0.3 is 17.9 Å². The van der Waals surface area contributed by atoms with Crippen LogP contribution in [-0.2, 0) is 28.6 Å². The van der Waals surface area contributed by atoms with Gasteiger partial charge in [-0.05, 0) is 83.5 Å². The second-order valence-electron chi connectivity index (χ2n) is 16.5. The van der Waals surface area contributed by atoms with Gasteiger partial charge in [-0.25, -0.2) is 0 Å². The van der Waals surface area contributed by atoms with E-state index >= 15 is 0 Å². The first-order valence-corrected chi connectivity index (χ1v) is 25.5. The van der Waals surface area contributed by atoms with E-state index in [2.05, 4.69) is 93.7 Å². The highest BCUT2D eigenvalue weighted by molar-refractivity contribution is 5.71. The standard InChI is InChI=1S/C57H92O6/c1-4-7-10-13-16-19-22-25-26-27-28-29-30-33-35-38-41-44-47-50-56(59)62-53-54(63-57(60)51-48-45-42-39-36-32-24-21-18-15-12-9-6-3)52-61-55(58)49-46-43-40-37-34-31-23-20-17-14-11-8-5-2/h8-9,11-12,14-25,32,36,54H,4-7,10,13,26-31,33-35,37-53H2,1-3H3/b11-8+,12-9+,17-14+,18-15+,19-16+,23-20+,24-21+,25-22+,36-32+. The molecule has 0 aliphatic rings. The van der Waals surface area contributed by atoms with E-state index < -0.39 is 6.10 Å². The maximum absolute atomic E-state index is 12.8. The van der Waals surface area contributed by atoms with Crippen molar-refractivity contribution in [1.82, 2.24) is 0 Å². The Morgan fingerprint density at radius 2 is 0.619 bits per heavy atom. The van der Waals surface area contributed by atoms with E-state index in [0.29, 0.717) is 19.3 Å². The number of rotatable bonds is 44. The molecule has 0 spiro atoms. The van der Waals surface area contributed by atoms with E-state index in [4.69, 9.17) is 14.2 Å². The molecule has 1 unspecified atom stereocenters. The number of esters is 3. The van der Waals surface area contributed by atoms with Gasteiger partial charge in [0.05, 0.1) is 0 Å². The van der Waals surface area contributed by atoms with Crippen LogP contribution in [0.4, 0.5) is 0 Å². The third-order valence-electron chi connectivity index (χ3n) is 10.4. The molecule has 0 fully saturated rings. The fourth-order valence-electron chi connectivity index (χ4n) is 6.62. The third kappa shape index (κ3) is 49.0. The molecule has 356 valence electrons. The molecule has 6 nitrogen and oxygen atoms in total. The van der Waals surface area contributed by atoms with Gasteiger partial charge in [0, 0.05) is 19.3 Å². The summed E-state index contributed by atoms with van der Waals surface area (Å²) in [6.07, 6.45) is 67.9. The van der Waals surface area contributed by atoms with Crippen LogP contribution in [-0.4, -0.2) is 37.2 Å². The molecule has 6 heteroatoms. The quantitative estimate of drug-likeness (QED) is 0.0263. The van der Waals surface area contributed by atoms with Crippen LogP contribution in [0.3, 0.4) is 0 Å². The van der Waals surface area contributed by atoms with Crippen molar-refractivity contribution in [1.29, 1.82) is 0 Å². The molecule has 0 aromatic rings. The van der Waals surface area contributed by atoms with Crippen LogP contribution in [0.15, 0.2) is 109 Å². The van der Waals surface area contributed by atoms with Gasteiger partial charge in [-0.15, -0.1) is 0 Å². The van der Waals surface area contributed by atoms with E-state index in [0.717, 1.165) is 89.9 Å². The lowest BCUT2D eigenvalue weighted by Gasteiger charge is -2.18. The minimum Gasteiger partial charge on any atom is -0.462 e. The van der Waals surface area contributed by atoms with Crippen LogP contribution >= 0.6 is 0 Å². The van der Waals surface area contributed by atoms with Gasteiger partial charge in [0.2, 0.25) is 0 Å². The van der Waals surface area contributed by atoms with Gasteiger partial charge in [0.1, 0.15) is 13.2 Å². The molecule has 0 saturated carbocycles. The Hall–Kier alpha value is -3.93. The minimum atomic E-state index is -0.809. The summed E-state index contributed by atoms with van der Waals surface area (Å²) in [7, 11) is 0. The molecule has 0 amide bonds. The predicted molar refractivity (Wildman–Crippen MR) is 270 cm³/mol. The van der Waals surface area contributed by atoms with E-state index in [1.807, 2.05) is 36.5 Å². The Bertz CT molecular complexity index is 1330. The van der Waals surface area contributed by atoms with Crippen LogP contribution < -0.4 is 0 Å². The van der Waals surface area contributed by atoms with Crippen molar-refractivity contribution in [3.05, 3.63) is 109 Å². The molecule has 0 aromatic heterocycles. The number of carbonyl (C=O) groups is 3. The molecule has 0 aliphatic heterocycles. The zero-order valence-corrected chi connectivity index (χ0v) is 40.5. The van der Waals surface area contributed by atoms with Gasteiger partial charge in [0.25, 0.3) is 0 Å². The van der Waals surface area contributed by atoms with Crippen LogP contribution in [0.5, 0.6) is 0 Å². The van der Waals surface area contributed by atoms with Crippen molar-refractivity contribution in [2.45, 2.75) is 219 Å². The topological polar surface area (TPSA) is 78.9 Å². The third-order valence-corrected chi connectivity index (χ3v) is 10.4. The molecule has 0 bridgehead atoms. The highest BCUT2D eigenvalue weighted by atomic mass is 16.6. The van der Waals surface area contributed by atoms with Gasteiger partial charge in [-0.3, -0.25) is 14.4 Å². The molecule has 63 heavy (non-hydrogen) atoms. The molecule has 0 heterocycles. The molecule has 1 atom stereocenters. The molecule has 0 saturated heterocycles. The summed E-state index contributed by atoms with van der Waals surface area (Å²) in [4.78, 5) is 37.9. The number of hydrogen-bond acceptors (Lipinski definition) is 6. The Kier molecular flexibility index (Phi) is 47.5.